The number of carbonyl (C=O) groups excluding carboxylic acids is 1. The standard InChI is InChI=1S/C14H16N4O/c19-14(7-11-8-16-17-9-11)18-6-2-4-13(18)12-3-1-5-15-10-12/h1,3,5,8-10,13H,2,4,6-7H2,(H,16,17). The Hall–Kier alpha value is -2.17. The second kappa shape index (κ2) is 5.22. The molecule has 1 N–H and O–H groups in total. The molecule has 0 radical (unpaired) electrons. The lowest BCUT2D eigenvalue weighted by atomic mass is 10.1. The minimum atomic E-state index is 0.160. The largest absolute Gasteiger partial charge is 0.335 e. The molecule has 0 aliphatic carbocycles. The van der Waals surface area contributed by atoms with Crippen LogP contribution in [0.1, 0.15) is 30.0 Å². The van der Waals surface area contributed by atoms with Gasteiger partial charge < -0.3 is 4.90 Å². The summed E-state index contributed by atoms with van der Waals surface area (Å²) >= 11 is 0. The maximum absolute atomic E-state index is 12.4. The highest BCUT2D eigenvalue weighted by Crippen LogP contribution is 2.31. The predicted molar refractivity (Wildman–Crippen MR) is 70.2 cm³/mol. The monoisotopic (exact) mass is 256 g/mol. The summed E-state index contributed by atoms with van der Waals surface area (Å²) in [4.78, 5) is 18.5. The van der Waals surface area contributed by atoms with E-state index in [1.807, 2.05) is 23.2 Å². The van der Waals surface area contributed by atoms with E-state index in [1.54, 1.807) is 18.6 Å². The Morgan fingerprint density at radius 3 is 3.16 bits per heavy atom. The SMILES string of the molecule is O=C(Cc1cn[nH]c1)N1CCCC1c1cccnc1. The third-order valence-corrected chi connectivity index (χ3v) is 3.55. The molecule has 5 nitrogen and oxygen atoms in total. The molecule has 1 aliphatic rings. The van der Waals surface area contributed by atoms with Gasteiger partial charge >= 0.3 is 0 Å². The van der Waals surface area contributed by atoms with E-state index in [0.29, 0.717) is 6.42 Å². The van der Waals surface area contributed by atoms with Gasteiger partial charge in [0.15, 0.2) is 0 Å². The number of pyridine rings is 1. The average Bonchev–Trinajstić information content (AvgIpc) is 3.10. The smallest absolute Gasteiger partial charge is 0.227 e. The van der Waals surface area contributed by atoms with Crippen LogP contribution in [0.4, 0.5) is 0 Å². The number of hydrogen-bond donors (Lipinski definition) is 1. The molecule has 1 amide bonds. The van der Waals surface area contributed by atoms with Crippen LogP contribution in [0.15, 0.2) is 36.9 Å². The molecule has 98 valence electrons. The van der Waals surface area contributed by atoms with E-state index in [-0.39, 0.29) is 11.9 Å². The van der Waals surface area contributed by atoms with Crippen molar-refractivity contribution in [2.24, 2.45) is 0 Å². The van der Waals surface area contributed by atoms with Crippen LogP contribution < -0.4 is 0 Å². The highest BCUT2D eigenvalue weighted by Gasteiger charge is 2.29. The highest BCUT2D eigenvalue weighted by molar-refractivity contribution is 5.79. The van der Waals surface area contributed by atoms with Gasteiger partial charge in [-0.3, -0.25) is 14.9 Å². The number of nitrogens with zero attached hydrogens (tertiary/aromatic N) is 3. The molecule has 3 heterocycles. The van der Waals surface area contributed by atoms with E-state index in [4.69, 9.17) is 0 Å². The Kier molecular flexibility index (Phi) is 3.27. The number of aromatic nitrogens is 3. The molecule has 1 fully saturated rings. The van der Waals surface area contributed by atoms with Crippen molar-refractivity contribution in [3.05, 3.63) is 48.0 Å². The average molecular weight is 256 g/mol. The summed E-state index contributed by atoms with van der Waals surface area (Å²) in [7, 11) is 0. The van der Waals surface area contributed by atoms with Crippen molar-refractivity contribution in [3.63, 3.8) is 0 Å². The highest BCUT2D eigenvalue weighted by atomic mass is 16.2. The molecule has 0 saturated carbocycles. The fraction of sp³-hybridized carbons (Fsp3) is 0.357. The number of H-pyrrole nitrogens is 1. The number of aromatic amines is 1. The van der Waals surface area contributed by atoms with Crippen LogP contribution in [0.2, 0.25) is 0 Å². The maximum atomic E-state index is 12.4. The lowest BCUT2D eigenvalue weighted by Gasteiger charge is -2.24. The summed E-state index contributed by atoms with van der Waals surface area (Å²) in [6, 6.07) is 4.14. The molecule has 0 bridgehead atoms. The summed E-state index contributed by atoms with van der Waals surface area (Å²) < 4.78 is 0. The molecule has 1 saturated heterocycles. The van der Waals surface area contributed by atoms with Crippen LogP contribution in [0, 0.1) is 0 Å². The molecule has 19 heavy (non-hydrogen) atoms. The van der Waals surface area contributed by atoms with Gasteiger partial charge in [-0.15, -0.1) is 0 Å². The molecule has 1 atom stereocenters. The topological polar surface area (TPSA) is 61.9 Å². The maximum Gasteiger partial charge on any atom is 0.227 e. The minimum absolute atomic E-state index is 0.160. The van der Waals surface area contributed by atoms with E-state index in [9.17, 15) is 4.79 Å². The molecule has 2 aromatic rings. The zero-order valence-electron chi connectivity index (χ0n) is 10.6. The summed E-state index contributed by atoms with van der Waals surface area (Å²) in [6.45, 7) is 0.830. The van der Waals surface area contributed by atoms with Gasteiger partial charge in [0.25, 0.3) is 0 Å². The van der Waals surface area contributed by atoms with E-state index in [0.717, 1.165) is 30.5 Å². The summed E-state index contributed by atoms with van der Waals surface area (Å²) in [5.41, 5.74) is 2.06. The number of rotatable bonds is 3. The molecule has 1 unspecified atom stereocenters. The van der Waals surface area contributed by atoms with Crippen LogP contribution in [0.25, 0.3) is 0 Å². The Morgan fingerprint density at radius 1 is 1.47 bits per heavy atom. The second-order valence-electron chi connectivity index (χ2n) is 4.81. The third kappa shape index (κ3) is 2.50. The van der Waals surface area contributed by atoms with Crippen molar-refractivity contribution >= 4 is 5.91 Å². The zero-order chi connectivity index (χ0) is 13.1. The first-order chi connectivity index (χ1) is 9.34. The molecular formula is C14H16N4O. The molecular weight excluding hydrogens is 240 g/mol. The van der Waals surface area contributed by atoms with Gasteiger partial charge in [-0.25, -0.2) is 0 Å². The van der Waals surface area contributed by atoms with Crippen LogP contribution in [-0.2, 0) is 11.2 Å². The van der Waals surface area contributed by atoms with Crippen LogP contribution in [0.5, 0.6) is 0 Å². The van der Waals surface area contributed by atoms with Crippen molar-refractivity contribution in [2.45, 2.75) is 25.3 Å². The molecule has 2 aromatic heterocycles. The van der Waals surface area contributed by atoms with E-state index in [1.165, 1.54) is 0 Å². The number of nitrogens with one attached hydrogen (secondary N) is 1. The summed E-state index contributed by atoms with van der Waals surface area (Å²) in [6.07, 6.45) is 9.57. The van der Waals surface area contributed by atoms with Gasteiger partial charge in [0.1, 0.15) is 0 Å². The van der Waals surface area contributed by atoms with Gasteiger partial charge in [0.2, 0.25) is 5.91 Å². The van der Waals surface area contributed by atoms with Gasteiger partial charge in [0.05, 0.1) is 18.7 Å². The normalized spacial score (nSPS) is 18.7. The van der Waals surface area contributed by atoms with Crippen molar-refractivity contribution in [1.29, 1.82) is 0 Å². The Labute approximate surface area is 111 Å². The van der Waals surface area contributed by atoms with E-state index >= 15 is 0 Å². The lowest BCUT2D eigenvalue weighted by molar-refractivity contribution is -0.131. The molecule has 1 aliphatic heterocycles. The number of likely N-dealkylation sites (tertiary alicyclic amines) is 1. The van der Waals surface area contributed by atoms with Crippen molar-refractivity contribution in [2.75, 3.05) is 6.54 Å². The Balaban J connectivity index is 1.74. The first-order valence-electron chi connectivity index (χ1n) is 6.51. The lowest BCUT2D eigenvalue weighted by Crippen LogP contribution is -2.31. The van der Waals surface area contributed by atoms with Crippen LogP contribution in [0.3, 0.4) is 0 Å². The van der Waals surface area contributed by atoms with Gasteiger partial charge in [0, 0.05) is 25.1 Å². The first-order valence-corrected chi connectivity index (χ1v) is 6.51. The third-order valence-electron chi connectivity index (χ3n) is 3.55. The summed E-state index contributed by atoms with van der Waals surface area (Å²) in [5.74, 6) is 0.160. The van der Waals surface area contributed by atoms with Gasteiger partial charge in [-0.2, -0.15) is 5.10 Å². The minimum Gasteiger partial charge on any atom is -0.335 e. The second-order valence-corrected chi connectivity index (χ2v) is 4.81. The van der Waals surface area contributed by atoms with E-state index in [2.05, 4.69) is 15.2 Å². The molecule has 0 spiro atoms. The number of hydrogen-bond acceptors (Lipinski definition) is 3. The Bertz CT molecular complexity index is 538. The number of carbonyl (C=O) groups is 1. The van der Waals surface area contributed by atoms with Gasteiger partial charge in [-0.1, -0.05) is 6.07 Å². The van der Waals surface area contributed by atoms with E-state index < -0.39 is 0 Å². The first kappa shape index (κ1) is 11.9. The van der Waals surface area contributed by atoms with Crippen LogP contribution in [-0.4, -0.2) is 32.5 Å². The van der Waals surface area contributed by atoms with Crippen molar-refractivity contribution in [3.8, 4) is 0 Å². The summed E-state index contributed by atoms with van der Waals surface area (Å²) in [5, 5.41) is 6.61. The Morgan fingerprint density at radius 2 is 2.42 bits per heavy atom. The molecule has 0 aromatic carbocycles. The molecule has 5 heteroatoms. The van der Waals surface area contributed by atoms with Crippen molar-refractivity contribution < 1.29 is 4.79 Å². The van der Waals surface area contributed by atoms with Crippen molar-refractivity contribution in [1.82, 2.24) is 20.1 Å². The zero-order valence-corrected chi connectivity index (χ0v) is 10.6. The fourth-order valence-electron chi connectivity index (χ4n) is 2.64. The fourth-order valence-corrected chi connectivity index (χ4v) is 2.64. The quantitative estimate of drug-likeness (QED) is 0.909. The van der Waals surface area contributed by atoms with Gasteiger partial charge in [-0.05, 0) is 30.0 Å². The predicted octanol–water partition coefficient (Wildman–Crippen LogP) is 1.71. The number of amides is 1. The molecule has 3 rings (SSSR count). The van der Waals surface area contributed by atoms with Crippen LogP contribution >= 0.6 is 0 Å².